The molecular formula is C23H26N4O4. The highest BCUT2D eigenvalue weighted by molar-refractivity contribution is 6.46. The summed E-state index contributed by atoms with van der Waals surface area (Å²) in [5.74, 6) is 1.02. The van der Waals surface area contributed by atoms with Crippen molar-refractivity contribution >= 4 is 23.3 Å². The van der Waals surface area contributed by atoms with Crippen LogP contribution in [0.1, 0.15) is 24.0 Å². The molecule has 2 aliphatic rings. The third kappa shape index (κ3) is 4.19. The molecule has 2 aliphatic heterocycles. The maximum absolute atomic E-state index is 12.8. The zero-order valence-corrected chi connectivity index (χ0v) is 17.9. The molecule has 0 atom stereocenters. The summed E-state index contributed by atoms with van der Waals surface area (Å²) >= 11 is 0. The molecule has 8 nitrogen and oxygen atoms in total. The Hall–Kier alpha value is -3.55. The van der Waals surface area contributed by atoms with Gasteiger partial charge in [-0.3, -0.25) is 9.79 Å². The second-order valence-corrected chi connectivity index (χ2v) is 7.80. The number of methoxy groups -OCH3 is 2. The number of piperidine rings is 1. The largest absolute Gasteiger partial charge is 0.497 e. The van der Waals surface area contributed by atoms with Crippen LogP contribution in [0.25, 0.3) is 0 Å². The molecule has 2 N–H and O–H groups in total. The van der Waals surface area contributed by atoms with Gasteiger partial charge >= 0.3 is 6.03 Å². The average molecular weight is 422 g/mol. The van der Waals surface area contributed by atoms with Gasteiger partial charge in [-0.05, 0) is 19.1 Å². The molecule has 162 valence electrons. The highest BCUT2D eigenvalue weighted by Crippen LogP contribution is 2.31. The smallest absolute Gasteiger partial charge is 0.321 e. The lowest BCUT2D eigenvalue weighted by molar-refractivity contribution is -0.115. The van der Waals surface area contributed by atoms with Gasteiger partial charge in [0.1, 0.15) is 22.9 Å². The third-order valence-corrected chi connectivity index (χ3v) is 5.74. The molecule has 0 bridgehead atoms. The van der Waals surface area contributed by atoms with Crippen molar-refractivity contribution in [2.24, 2.45) is 4.99 Å². The van der Waals surface area contributed by atoms with Gasteiger partial charge in [0.15, 0.2) is 0 Å². The Morgan fingerprint density at radius 3 is 2.45 bits per heavy atom. The van der Waals surface area contributed by atoms with E-state index in [2.05, 4.69) is 10.6 Å². The number of aryl methyl sites for hydroxylation is 1. The van der Waals surface area contributed by atoms with E-state index in [4.69, 9.17) is 14.5 Å². The molecular weight excluding hydrogens is 396 g/mol. The van der Waals surface area contributed by atoms with E-state index in [-0.39, 0.29) is 11.9 Å². The van der Waals surface area contributed by atoms with Gasteiger partial charge in [0.2, 0.25) is 0 Å². The topological polar surface area (TPSA) is 92.3 Å². The fraction of sp³-hybridized carbons (Fsp3) is 0.348. The number of nitrogens with one attached hydrogen (secondary N) is 2. The van der Waals surface area contributed by atoms with Crippen LogP contribution >= 0.6 is 0 Å². The second kappa shape index (κ2) is 8.29. The fourth-order valence-electron chi connectivity index (χ4n) is 3.89. The van der Waals surface area contributed by atoms with Crippen molar-refractivity contribution in [2.45, 2.75) is 25.4 Å². The number of hydrogen-bond acceptors (Lipinski definition) is 5. The molecule has 0 aromatic heterocycles. The first kappa shape index (κ1) is 20.7. The fourth-order valence-corrected chi connectivity index (χ4v) is 3.89. The summed E-state index contributed by atoms with van der Waals surface area (Å²) in [6.07, 6.45) is 1.10. The summed E-state index contributed by atoms with van der Waals surface area (Å²) in [5.41, 5.74) is 2.29. The minimum Gasteiger partial charge on any atom is -0.497 e. The number of amides is 3. The molecule has 0 aliphatic carbocycles. The summed E-state index contributed by atoms with van der Waals surface area (Å²) < 4.78 is 10.6. The van der Waals surface area contributed by atoms with Crippen LogP contribution in [0.5, 0.6) is 11.5 Å². The summed E-state index contributed by atoms with van der Waals surface area (Å²) in [6, 6.07) is 12.8. The zero-order chi connectivity index (χ0) is 22.0. The SMILES string of the molecule is COc1ccc(OC)c(NC(=O)N2CCC3(CC2)N=C(c2ccc(C)cc2)C(=O)N3)c1. The van der Waals surface area contributed by atoms with E-state index in [1.807, 2.05) is 31.2 Å². The van der Waals surface area contributed by atoms with Crippen molar-refractivity contribution < 1.29 is 19.1 Å². The van der Waals surface area contributed by atoms with E-state index in [1.54, 1.807) is 37.3 Å². The van der Waals surface area contributed by atoms with E-state index >= 15 is 0 Å². The zero-order valence-electron chi connectivity index (χ0n) is 17.9. The predicted octanol–water partition coefficient (Wildman–Crippen LogP) is 2.96. The van der Waals surface area contributed by atoms with Crippen molar-refractivity contribution in [3.05, 3.63) is 53.6 Å². The van der Waals surface area contributed by atoms with Crippen LogP contribution in [0.3, 0.4) is 0 Å². The highest BCUT2D eigenvalue weighted by atomic mass is 16.5. The predicted molar refractivity (Wildman–Crippen MR) is 118 cm³/mol. The number of benzene rings is 2. The van der Waals surface area contributed by atoms with Gasteiger partial charge in [-0.1, -0.05) is 29.8 Å². The molecule has 3 amide bonds. The molecule has 2 aromatic rings. The summed E-state index contributed by atoms with van der Waals surface area (Å²) in [7, 11) is 3.12. The minimum atomic E-state index is -0.651. The second-order valence-electron chi connectivity index (χ2n) is 7.80. The summed E-state index contributed by atoms with van der Waals surface area (Å²) in [5, 5.41) is 5.93. The average Bonchev–Trinajstić information content (AvgIpc) is 3.10. The summed E-state index contributed by atoms with van der Waals surface area (Å²) in [4.78, 5) is 31.8. The van der Waals surface area contributed by atoms with E-state index in [9.17, 15) is 9.59 Å². The molecule has 0 unspecified atom stereocenters. The highest BCUT2D eigenvalue weighted by Gasteiger charge is 2.42. The first-order chi connectivity index (χ1) is 14.9. The van der Waals surface area contributed by atoms with Crippen molar-refractivity contribution in [3.63, 3.8) is 0 Å². The van der Waals surface area contributed by atoms with Crippen LogP contribution in [-0.4, -0.2) is 55.5 Å². The van der Waals surface area contributed by atoms with Gasteiger partial charge in [-0.15, -0.1) is 0 Å². The third-order valence-electron chi connectivity index (χ3n) is 5.74. The quantitative estimate of drug-likeness (QED) is 0.792. The summed E-state index contributed by atoms with van der Waals surface area (Å²) in [6.45, 7) is 2.95. The molecule has 31 heavy (non-hydrogen) atoms. The molecule has 2 aromatic carbocycles. The Morgan fingerprint density at radius 1 is 1.10 bits per heavy atom. The maximum Gasteiger partial charge on any atom is 0.321 e. The molecule has 1 spiro atoms. The van der Waals surface area contributed by atoms with Crippen LogP contribution in [0.2, 0.25) is 0 Å². The van der Waals surface area contributed by atoms with Gasteiger partial charge in [0.05, 0.1) is 19.9 Å². The molecule has 0 radical (unpaired) electrons. The minimum absolute atomic E-state index is 0.164. The van der Waals surface area contributed by atoms with E-state index in [1.165, 1.54) is 0 Å². The van der Waals surface area contributed by atoms with Crippen LogP contribution in [0.15, 0.2) is 47.5 Å². The lowest BCUT2D eigenvalue weighted by Crippen LogP contribution is -2.53. The standard InChI is InChI=1S/C23H26N4O4/c1-15-4-6-16(7-5-15)20-21(28)26-23(25-20)10-12-27(13-11-23)22(29)24-18-14-17(30-2)8-9-19(18)31-3/h4-9,14H,10-13H2,1-3H3,(H,24,29)(H,26,28). The monoisotopic (exact) mass is 422 g/mol. The first-order valence-electron chi connectivity index (χ1n) is 10.2. The number of carbonyl (C=O) groups is 2. The number of aliphatic imine (C=N–C) groups is 1. The lowest BCUT2D eigenvalue weighted by Gasteiger charge is -2.37. The Bertz CT molecular complexity index is 1020. The number of anilines is 1. The number of rotatable bonds is 4. The molecule has 0 saturated carbocycles. The molecule has 4 rings (SSSR count). The Kier molecular flexibility index (Phi) is 5.54. The Morgan fingerprint density at radius 2 is 1.81 bits per heavy atom. The van der Waals surface area contributed by atoms with Crippen molar-refractivity contribution in [1.29, 1.82) is 0 Å². The molecule has 8 heteroatoms. The number of ether oxygens (including phenoxy) is 2. The van der Waals surface area contributed by atoms with Gasteiger partial charge in [0, 0.05) is 37.6 Å². The number of hydrogen-bond donors (Lipinski definition) is 2. The van der Waals surface area contributed by atoms with E-state index < -0.39 is 5.66 Å². The number of carbonyl (C=O) groups excluding carboxylic acids is 2. The normalized spacial score (nSPS) is 17.2. The Balaban J connectivity index is 1.43. The Labute approximate surface area is 181 Å². The van der Waals surface area contributed by atoms with E-state index in [0.717, 1.165) is 11.1 Å². The van der Waals surface area contributed by atoms with Crippen LogP contribution in [0, 0.1) is 6.92 Å². The van der Waals surface area contributed by atoms with Gasteiger partial charge in [-0.2, -0.15) is 0 Å². The number of nitrogens with zero attached hydrogens (tertiary/aromatic N) is 2. The van der Waals surface area contributed by atoms with Crippen LogP contribution in [-0.2, 0) is 4.79 Å². The number of likely N-dealkylation sites (tertiary alicyclic amines) is 1. The van der Waals surface area contributed by atoms with Crippen molar-refractivity contribution in [1.82, 2.24) is 10.2 Å². The molecule has 2 heterocycles. The van der Waals surface area contributed by atoms with Gasteiger partial charge in [0.25, 0.3) is 5.91 Å². The number of urea groups is 1. The van der Waals surface area contributed by atoms with Crippen molar-refractivity contribution in [2.75, 3.05) is 32.6 Å². The van der Waals surface area contributed by atoms with Crippen LogP contribution < -0.4 is 20.1 Å². The van der Waals surface area contributed by atoms with Gasteiger partial charge < -0.3 is 25.0 Å². The lowest BCUT2D eigenvalue weighted by atomic mass is 9.98. The molecule has 1 fully saturated rings. The first-order valence-corrected chi connectivity index (χ1v) is 10.2. The van der Waals surface area contributed by atoms with Gasteiger partial charge in [-0.25, -0.2) is 4.79 Å². The maximum atomic E-state index is 12.8. The van der Waals surface area contributed by atoms with Crippen molar-refractivity contribution in [3.8, 4) is 11.5 Å². The molecule has 1 saturated heterocycles. The van der Waals surface area contributed by atoms with E-state index in [0.29, 0.717) is 48.8 Å². The van der Waals surface area contributed by atoms with Crippen LogP contribution in [0.4, 0.5) is 10.5 Å².